The van der Waals surface area contributed by atoms with E-state index in [1.807, 2.05) is 0 Å². The van der Waals surface area contributed by atoms with Crippen molar-refractivity contribution in [2.45, 2.75) is 129 Å². The van der Waals surface area contributed by atoms with Crippen molar-refractivity contribution < 1.29 is 18.9 Å². The van der Waals surface area contributed by atoms with Gasteiger partial charge in [0, 0.05) is 45.5 Å². The molecule has 0 aromatic rings. The molecule has 0 N–H and O–H groups in total. The first-order chi connectivity index (χ1) is 14.8. The molecular formula is C24H50O4Si2. The van der Waals surface area contributed by atoms with E-state index in [1.54, 1.807) is 0 Å². The molecule has 0 fully saturated rings. The largest absolute Gasteiger partial charge is 0.353 e. The SMILES string of the molecule is CCCOC(CCC[Si]CCCC[Si]CCCC(OCCC)OCCC)OCCC. The van der Waals surface area contributed by atoms with Crippen LogP contribution in [0.25, 0.3) is 0 Å². The van der Waals surface area contributed by atoms with Crippen LogP contribution in [0.3, 0.4) is 0 Å². The number of rotatable bonds is 25. The average Bonchev–Trinajstić information content (AvgIpc) is 2.76. The molecule has 178 valence electrons. The highest BCUT2D eigenvalue weighted by molar-refractivity contribution is 6.36. The zero-order valence-corrected chi connectivity index (χ0v) is 22.5. The van der Waals surface area contributed by atoms with Gasteiger partial charge in [0.1, 0.15) is 0 Å². The molecular weight excluding hydrogens is 408 g/mol. The number of hydrogen-bond acceptors (Lipinski definition) is 4. The summed E-state index contributed by atoms with van der Waals surface area (Å²) in [6.45, 7) is 11.9. The predicted molar refractivity (Wildman–Crippen MR) is 131 cm³/mol. The van der Waals surface area contributed by atoms with E-state index >= 15 is 0 Å². The Balaban J connectivity index is 3.49. The summed E-state index contributed by atoms with van der Waals surface area (Å²) in [5.74, 6) is 0. The predicted octanol–water partition coefficient (Wildman–Crippen LogP) is 6.77. The lowest BCUT2D eigenvalue weighted by molar-refractivity contribution is -0.146. The third-order valence-corrected chi connectivity index (χ3v) is 7.40. The van der Waals surface area contributed by atoms with Crippen LogP contribution in [0, 0.1) is 0 Å². The minimum atomic E-state index is 0.0234. The van der Waals surface area contributed by atoms with Gasteiger partial charge < -0.3 is 18.9 Å². The molecule has 0 aromatic heterocycles. The fraction of sp³-hybridized carbons (Fsp3) is 1.00. The lowest BCUT2D eigenvalue weighted by Crippen LogP contribution is -2.18. The lowest BCUT2D eigenvalue weighted by Gasteiger charge is -2.18. The molecule has 0 atom stereocenters. The van der Waals surface area contributed by atoms with Gasteiger partial charge in [-0.2, -0.15) is 0 Å². The van der Waals surface area contributed by atoms with Crippen molar-refractivity contribution in [1.29, 1.82) is 0 Å². The Labute approximate surface area is 193 Å². The topological polar surface area (TPSA) is 36.9 Å². The zero-order valence-electron chi connectivity index (χ0n) is 20.5. The molecule has 0 saturated heterocycles. The monoisotopic (exact) mass is 458 g/mol. The minimum absolute atomic E-state index is 0.0234. The molecule has 0 aliphatic heterocycles. The van der Waals surface area contributed by atoms with Gasteiger partial charge in [-0.25, -0.2) is 0 Å². The van der Waals surface area contributed by atoms with Crippen LogP contribution in [0.4, 0.5) is 0 Å². The van der Waals surface area contributed by atoms with Crippen LogP contribution in [0.5, 0.6) is 0 Å². The molecule has 0 aliphatic carbocycles. The Morgan fingerprint density at radius 2 is 0.767 bits per heavy atom. The minimum Gasteiger partial charge on any atom is -0.353 e. The highest BCUT2D eigenvalue weighted by Gasteiger charge is 2.09. The van der Waals surface area contributed by atoms with E-state index in [2.05, 4.69) is 27.7 Å². The van der Waals surface area contributed by atoms with Crippen molar-refractivity contribution in [3.8, 4) is 0 Å². The molecule has 0 bridgehead atoms. The summed E-state index contributed by atoms with van der Waals surface area (Å²) in [4.78, 5) is 0. The van der Waals surface area contributed by atoms with Gasteiger partial charge in [0.05, 0.1) is 0 Å². The summed E-state index contributed by atoms with van der Waals surface area (Å²) < 4.78 is 23.2. The van der Waals surface area contributed by atoms with Crippen LogP contribution in [0.2, 0.25) is 24.2 Å². The van der Waals surface area contributed by atoms with E-state index in [-0.39, 0.29) is 12.6 Å². The van der Waals surface area contributed by atoms with E-state index in [9.17, 15) is 0 Å². The van der Waals surface area contributed by atoms with Crippen LogP contribution in [0.15, 0.2) is 0 Å². The van der Waals surface area contributed by atoms with E-state index in [4.69, 9.17) is 18.9 Å². The maximum atomic E-state index is 5.80. The first-order valence-electron chi connectivity index (χ1n) is 12.7. The van der Waals surface area contributed by atoms with E-state index < -0.39 is 0 Å². The van der Waals surface area contributed by atoms with Gasteiger partial charge in [-0.1, -0.05) is 77.6 Å². The van der Waals surface area contributed by atoms with Gasteiger partial charge in [0.2, 0.25) is 0 Å². The molecule has 0 saturated carbocycles. The number of ether oxygens (including phenoxy) is 4. The van der Waals surface area contributed by atoms with Gasteiger partial charge in [-0.3, -0.25) is 0 Å². The van der Waals surface area contributed by atoms with Gasteiger partial charge >= 0.3 is 0 Å². The summed E-state index contributed by atoms with van der Waals surface area (Å²) in [7, 11) is 2.21. The fourth-order valence-corrected chi connectivity index (χ4v) is 5.37. The van der Waals surface area contributed by atoms with E-state index in [0.717, 1.165) is 84.0 Å². The second-order valence-corrected chi connectivity index (χ2v) is 10.8. The van der Waals surface area contributed by atoms with Crippen LogP contribution >= 0.6 is 0 Å². The summed E-state index contributed by atoms with van der Waals surface area (Å²) in [5.41, 5.74) is 0. The van der Waals surface area contributed by atoms with Crippen molar-refractivity contribution in [2.75, 3.05) is 26.4 Å². The van der Waals surface area contributed by atoms with Crippen molar-refractivity contribution >= 4 is 19.0 Å². The molecule has 0 unspecified atom stereocenters. The summed E-state index contributed by atoms with van der Waals surface area (Å²) in [6.07, 6.45) is 11.7. The van der Waals surface area contributed by atoms with Crippen molar-refractivity contribution in [3.63, 3.8) is 0 Å². The molecule has 4 nitrogen and oxygen atoms in total. The third-order valence-electron chi connectivity index (χ3n) is 4.58. The Morgan fingerprint density at radius 3 is 1.07 bits per heavy atom. The number of unbranched alkanes of at least 4 members (excludes halogenated alkanes) is 1. The molecule has 6 heteroatoms. The fourth-order valence-electron chi connectivity index (χ4n) is 2.96. The van der Waals surface area contributed by atoms with Crippen LogP contribution < -0.4 is 0 Å². The highest BCUT2D eigenvalue weighted by Crippen LogP contribution is 2.12. The first-order valence-corrected chi connectivity index (χ1v) is 15.5. The van der Waals surface area contributed by atoms with Crippen molar-refractivity contribution in [2.24, 2.45) is 0 Å². The molecule has 0 heterocycles. The van der Waals surface area contributed by atoms with E-state index in [0.29, 0.717) is 0 Å². The van der Waals surface area contributed by atoms with Crippen LogP contribution in [0.1, 0.15) is 91.9 Å². The smallest absolute Gasteiger partial charge is 0.157 e. The van der Waals surface area contributed by atoms with Gasteiger partial charge in [0.15, 0.2) is 12.6 Å². The molecule has 30 heavy (non-hydrogen) atoms. The van der Waals surface area contributed by atoms with Gasteiger partial charge in [-0.15, -0.1) is 0 Å². The lowest BCUT2D eigenvalue weighted by atomic mass is 10.3. The maximum absolute atomic E-state index is 5.80. The van der Waals surface area contributed by atoms with Gasteiger partial charge in [0.25, 0.3) is 0 Å². The highest BCUT2D eigenvalue weighted by atomic mass is 28.2. The van der Waals surface area contributed by atoms with E-state index in [1.165, 1.54) is 49.9 Å². The Hall–Kier alpha value is 0.274. The molecule has 0 aliphatic rings. The van der Waals surface area contributed by atoms with Gasteiger partial charge in [-0.05, 0) is 38.5 Å². The molecule has 4 radical (unpaired) electrons. The third kappa shape index (κ3) is 21.5. The van der Waals surface area contributed by atoms with Crippen LogP contribution in [-0.4, -0.2) is 58.0 Å². The summed E-state index contributed by atoms with van der Waals surface area (Å²) in [5, 5.41) is 0. The second kappa shape index (κ2) is 25.5. The second-order valence-electron chi connectivity index (χ2n) is 7.83. The quantitative estimate of drug-likeness (QED) is 0.0859. The molecule has 0 spiro atoms. The Morgan fingerprint density at radius 1 is 0.467 bits per heavy atom. The first kappa shape index (κ1) is 30.3. The maximum Gasteiger partial charge on any atom is 0.157 e. The standard InChI is InChI=1S/C24H50O4Si2/c1-5-15-25-23(26-16-6-2)13-11-21-29-19-9-10-20-30-22-12-14-24(27-17-7-3)28-18-8-4/h23-24H,5-22H2,1-4H3. The van der Waals surface area contributed by atoms with Crippen LogP contribution in [-0.2, 0) is 18.9 Å². The number of hydrogen-bond donors (Lipinski definition) is 0. The summed E-state index contributed by atoms with van der Waals surface area (Å²) >= 11 is 0. The van der Waals surface area contributed by atoms with Crippen molar-refractivity contribution in [3.05, 3.63) is 0 Å². The molecule has 0 rings (SSSR count). The molecule has 0 aromatic carbocycles. The molecule has 0 amide bonds. The average molecular weight is 459 g/mol. The summed E-state index contributed by atoms with van der Waals surface area (Å²) in [6, 6.07) is 5.47. The van der Waals surface area contributed by atoms with Crippen molar-refractivity contribution in [1.82, 2.24) is 0 Å². The zero-order chi connectivity index (χ0) is 22.1. The Kier molecular flexibility index (Phi) is 25.8. The normalized spacial score (nSPS) is 11.8. The Bertz CT molecular complexity index is 276.